The molecule has 0 saturated carbocycles. The molecule has 1 aromatic heterocycles. The van der Waals surface area contributed by atoms with Gasteiger partial charge in [-0.3, -0.25) is 0 Å². The van der Waals surface area contributed by atoms with Crippen LogP contribution < -0.4 is 0 Å². The highest BCUT2D eigenvalue weighted by Crippen LogP contribution is 2.43. The van der Waals surface area contributed by atoms with Crippen molar-refractivity contribution in [3.05, 3.63) is 162 Å². The van der Waals surface area contributed by atoms with Crippen LogP contribution in [0.25, 0.3) is 56.1 Å². The van der Waals surface area contributed by atoms with Crippen LogP contribution in [0.4, 0.5) is 0 Å². The van der Waals surface area contributed by atoms with Crippen LogP contribution in [0.3, 0.4) is 0 Å². The van der Waals surface area contributed by atoms with Crippen LogP contribution in [0.15, 0.2) is 146 Å². The van der Waals surface area contributed by atoms with Gasteiger partial charge >= 0.3 is 0 Å². The molecule has 0 saturated heterocycles. The Kier molecular flexibility index (Phi) is 6.34. The molecule has 0 spiro atoms. The molecule has 43 heavy (non-hydrogen) atoms. The summed E-state index contributed by atoms with van der Waals surface area (Å²) < 4.78 is 0. The van der Waals surface area contributed by atoms with Gasteiger partial charge in [-0.15, -0.1) is 0 Å². The minimum Gasteiger partial charge on any atom is -0.208 e. The zero-order valence-corrected chi connectivity index (χ0v) is 23.7. The van der Waals surface area contributed by atoms with Crippen molar-refractivity contribution in [2.24, 2.45) is 0 Å². The zero-order chi connectivity index (χ0) is 28.6. The van der Waals surface area contributed by atoms with E-state index in [9.17, 15) is 0 Å². The lowest BCUT2D eigenvalue weighted by Crippen LogP contribution is -2.02. The highest BCUT2D eigenvalue weighted by atomic mass is 15.0. The molecule has 0 amide bonds. The van der Waals surface area contributed by atoms with E-state index in [2.05, 4.69) is 84.9 Å². The summed E-state index contributed by atoms with van der Waals surface area (Å²) in [5, 5.41) is 2.41. The van der Waals surface area contributed by atoms with Crippen LogP contribution >= 0.6 is 0 Å². The standard InChI is InChI=1S/C40H29N3/c1-4-12-27(13-5-1)35-23-22-28-14-10-11-19-34(28)37-26-33-24-32(21-20-31(33)25-36(35)37)40-42-38(29-15-6-2-7-16-29)41-39(43-40)30-17-8-3-9-18-30/h1-21,24-26,35H,22-23H2. The van der Waals surface area contributed by atoms with E-state index in [1.54, 1.807) is 0 Å². The Morgan fingerprint density at radius 2 is 1.02 bits per heavy atom. The summed E-state index contributed by atoms with van der Waals surface area (Å²) in [6, 6.07) is 51.5. The first-order chi connectivity index (χ1) is 21.3. The highest BCUT2D eigenvalue weighted by molar-refractivity contribution is 5.93. The zero-order valence-electron chi connectivity index (χ0n) is 23.7. The second-order valence-electron chi connectivity index (χ2n) is 11.2. The lowest BCUT2D eigenvalue weighted by molar-refractivity contribution is 0.726. The van der Waals surface area contributed by atoms with Gasteiger partial charge in [-0.05, 0) is 69.6 Å². The maximum absolute atomic E-state index is 4.97. The Morgan fingerprint density at radius 1 is 0.442 bits per heavy atom. The van der Waals surface area contributed by atoms with Gasteiger partial charge in [0.25, 0.3) is 0 Å². The minimum atomic E-state index is 0.345. The second-order valence-corrected chi connectivity index (χ2v) is 11.2. The average molecular weight is 552 g/mol. The predicted octanol–water partition coefficient (Wildman–Crippen LogP) is 9.77. The fourth-order valence-corrected chi connectivity index (χ4v) is 6.40. The van der Waals surface area contributed by atoms with Crippen molar-refractivity contribution >= 4 is 10.8 Å². The SMILES string of the molecule is c1ccc(-c2nc(-c3ccccc3)nc(-c3ccc4cc5c(cc4c3)-c3ccccc3CCC5c3ccccc3)n2)cc1. The number of aryl methyl sites for hydroxylation is 1. The van der Waals surface area contributed by atoms with Gasteiger partial charge < -0.3 is 0 Å². The normalized spacial score (nSPS) is 14.1. The van der Waals surface area contributed by atoms with Gasteiger partial charge in [0.05, 0.1) is 0 Å². The van der Waals surface area contributed by atoms with Gasteiger partial charge in [-0.1, -0.05) is 127 Å². The van der Waals surface area contributed by atoms with E-state index in [0.717, 1.165) is 29.5 Å². The molecule has 3 heteroatoms. The largest absolute Gasteiger partial charge is 0.208 e. The van der Waals surface area contributed by atoms with Gasteiger partial charge in [0.15, 0.2) is 17.5 Å². The Morgan fingerprint density at radius 3 is 1.70 bits per heavy atom. The molecule has 1 atom stereocenters. The quantitative estimate of drug-likeness (QED) is 0.219. The van der Waals surface area contributed by atoms with Crippen molar-refractivity contribution in [1.29, 1.82) is 0 Å². The van der Waals surface area contributed by atoms with Crippen molar-refractivity contribution in [2.45, 2.75) is 18.8 Å². The lowest BCUT2D eigenvalue weighted by atomic mass is 9.84. The molecule has 6 aromatic carbocycles. The molecule has 0 aliphatic heterocycles. The van der Waals surface area contributed by atoms with Crippen LogP contribution in [0.2, 0.25) is 0 Å². The molecule has 3 nitrogen and oxygen atoms in total. The Bertz CT molecular complexity index is 2010. The first-order valence-electron chi connectivity index (χ1n) is 14.9. The second kappa shape index (κ2) is 10.8. The third-order valence-corrected chi connectivity index (χ3v) is 8.55. The van der Waals surface area contributed by atoms with Crippen molar-refractivity contribution < 1.29 is 0 Å². The highest BCUT2D eigenvalue weighted by Gasteiger charge is 2.24. The van der Waals surface area contributed by atoms with Gasteiger partial charge in [0.2, 0.25) is 0 Å². The molecular weight excluding hydrogens is 522 g/mol. The molecule has 1 heterocycles. The third-order valence-electron chi connectivity index (χ3n) is 8.55. The molecule has 1 aliphatic carbocycles. The monoisotopic (exact) mass is 551 g/mol. The molecule has 8 rings (SSSR count). The number of hydrogen-bond acceptors (Lipinski definition) is 3. The number of nitrogens with zero attached hydrogens (tertiary/aromatic N) is 3. The summed E-state index contributed by atoms with van der Waals surface area (Å²) in [6.07, 6.45) is 2.15. The first kappa shape index (κ1) is 25.3. The molecule has 1 aliphatic rings. The van der Waals surface area contributed by atoms with Crippen LogP contribution in [0.1, 0.15) is 29.0 Å². The van der Waals surface area contributed by atoms with E-state index < -0.39 is 0 Å². The average Bonchev–Trinajstić information content (AvgIpc) is 3.24. The van der Waals surface area contributed by atoms with Gasteiger partial charge in [0, 0.05) is 22.6 Å². The van der Waals surface area contributed by atoms with Gasteiger partial charge in [0.1, 0.15) is 0 Å². The molecule has 7 aromatic rings. The van der Waals surface area contributed by atoms with Crippen molar-refractivity contribution in [3.63, 3.8) is 0 Å². The van der Waals surface area contributed by atoms with Crippen LogP contribution in [0, 0.1) is 0 Å². The molecule has 0 N–H and O–H groups in total. The Labute approximate surface area is 251 Å². The molecule has 0 radical (unpaired) electrons. The molecule has 204 valence electrons. The Balaban J connectivity index is 1.31. The maximum atomic E-state index is 4.97. The fraction of sp³-hybridized carbons (Fsp3) is 0.0750. The van der Waals surface area contributed by atoms with E-state index in [4.69, 9.17) is 15.0 Å². The van der Waals surface area contributed by atoms with E-state index in [1.807, 2.05) is 60.7 Å². The number of fused-ring (bicyclic) bond motifs is 4. The maximum Gasteiger partial charge on any atom is 0.164 e. The van der Waals surface area contributed by atoms with Crippen LogP contribution in [-0.4, -0.2) is 15.0 Å². The van der Waals surface area contributed by atoms with Crippen molar-refractivity contribution in [3.8, 4) is 45.3 Å². The predicted molar refractivity (Wildman–Crippen MR) is 176 cm³/mol. The van der Waals surface area contributed by atoms with Gasteiger partial charge in [-0.2, -0.15) is 0 Å². The topological polar surface area (TPSA) is 38.7 Å². The summed E-state index contributed by atoms with van der Waals surface area (Å²) in [5.74, 6) is 2.36. The van der Waals surface area contributed by atoms with E-state index in [1.165, 1.54) is 38.6 Å². The van der Waals surface area contributed by atoms with Crippen molar-refractivity contribution in [1.82, 2.24) is 15.0 Å². The van der Waals surface area contributed by atoms with Gasteiger partial charge in [-0.25, -0.2) is 15.0 Å². The fourth-order valence-electron chi connectivity index (χ4n) is 6.40. The number of aromatic nitrogens is 3. The molecule has 0 bridgehead atoms. The molecular formula is C40H29N3. The Hall–Kier alpha value is -5.41. The smallest absolute Gasteiger partial charge is 0.164 e. The van der Waals surface area contributed by atoms with E-state index >= 15 is 0 Å². The summed E-state index contributed by atoms with van der Waals surface area (Å²) in [4.78, 5) is 14.8. The minimum absolute atomic E-state index is 0.345. The number of hydrogen-bond donors (Lipinski definition) is 0. The summed E-state index contributed by atoms with van der Waals surface area (Å²) in [6.45, 7) is 0. The van der Waals surface area contributed by atoms with Crippen molar-refractivity contribution in [2.75, 3.05) is 0 Å². The van der Waals surface area contributed by atoms with Crippen LogP contribution in [-0.2, 0) is 6.42 Å². The first-order valence-corrected chi connectivity index (χ1v) is 14.9. The lowest BCUT2D eigenvalue weighted by Gasteiger charge is -2.20. The number of benzene rings is 6. The summed E-state index contributed by atoms with van der Waals surface area (Å²) in [7, 11) is 0. The third kappa shape index (κ3) is 4.79. The number of rotatable bonds is 4. The summed E-state index contributed by atoms with van der Waals surface area (Å²) in [5.41, 5.74) is 9.75. The molecule has 1 unspecified atom stereocenters. The van der Waals surface area contributed by atoms with E-state index in [0.29, 0.717) is 23.4 Å². The van der Waals surface area contributed by atoms with E-state index in [-0.39, 0.29) is 0 Å². The van der Waals surface area contributed by atoms with Crippen LogP contribution in [0.5, 0.6) is 0 Å². The molecule has 0 fully saturated rings. The summed E-state index contributed by atoms with van der Waals surface area (Å²) >= 11 is 0.